The van der Waals surface area contributed by atoms with Crippen molar-refractivity contribution in [2.45, 2.75) is 31.7 Å². The van der Waals surface area contributed by atoms with Gasteiger partial charge in [-0.15, -0.1) is 0 Å². The Labute approximate surface area is 199 Å². The predicted octanol–water partition coefficient (Wildman–Crippen LogP) is 1.69. The molecule has 8 heteroatoms. The third-order valence-corrected chi connectivity index (χ3v) is 6.49. The van der Waals surface area contributed by atoms with E-state index in [9.17, 15) is 19.5 Å². The summed E-state index contributed by atoms with van der Waals surface area (Å²) < 4.78 is 0. The van der Waals surface area contributed by atoms with Gasteiger partial charge in [0.2, 0.25) is 5.91 Å². The minimum absolute atomic E-state index is 0.0718. The summed E-state index contributed by atoms with van der Waals surface area (Å²) in [5.41, 5.74) is 3.78. The first-order valence-corrected chi connectivity index (χ1v) is 11.9. The topological polar surface area (TPSA) is 102 Å². The Balaban J connectivity index is 1.37. The van der Waals surface area contributed by atoms with E-state index in [1.54, 1.807) is 4.90 Å². The number of benzene rings is 2. The van der Waals surface area contributed by atoms with Crippen molar-refractivity contribution in [2.24, 2.45) is 0 Å². The highest BCUT2D eigenvalue weighted by Crippen LogP contribution is 2.25. The first-order chi connectivity index (χ1) is 16.5. The molecule has 2 amide bonds. The van der Waals surface area contributed by atoms with Crippen LogP contribution in [-0.2, 0) is 22.4 Å². The Morgan fingerprint density at radius 1 is 1.06 bits per heavy atom. The average molecular weight is 465 g/mol. The van der Waals surface area contributed by atoms with E-state index < -0.39 is 12.0 Å². The molecule has 1 unspecified atom stereocenters. The average Bonchev–Trinajstić information content (AvgIpc) is 2.85. The molecule has 1 fully saturated rings. The van der Waals surface area contributed by atoms with Crippen molar-refractivity contribution in [1.29, 1.82) is 0 Å². The van der Waals surface area contributed by atoms with Crippen LogP contribution < -0.4 is 15.5 Å². The van der Waals surface area contributed by atoms with Crippen LogP contribution in [0.4, 0.5) is 5.69 Å². The van der Waals surface area contributed by atoms with E-state index in [1.807, 2.05) is 42.5 Å². The standard InChI is InChI=1S/C26H32N4O4/c31-24(28-21(16-25(32)33)8-6-19-4-2-1-3-5-19)18-30-13-10-20-7-9-22(17-23(20)26(30)34)29-14-11-27-12-15-29/h1-5,7,9,17,21,27H,6,8,10-16,18H2,(H,28,31)(H,32,33). The number of hydrogen-bond acceptors (Lipinski definition) is 5. The van der Waals surface area contributed by atoms with Crippen LogP contribution in [0.15, 0.2) is 48.5 Å². The lowest BCUT2D eigenvalue weighted by Gasteiger charge is -2.32. The summed E-state index contributed by atoms with van der Waals surface area (Å²) in [6.45, 7) is 4.02. The largest absolute Gasteiger partial charge is 0.481 e. The second-order valence-electron chi connectivity index (χ2n) is 8.94. The van der Waals surface area contributed by atoms with E-state index in [4.69, 9.17) is 0 Å². The van der Waals surface area contributed by atoms with Gasteiger partial charge in [0.1, 0.15) is 0 Å². The van der Waals surface area contributed by atoms with Gasteiger partial charge in [0.25, 0.3) is 5.91 Å². The Kier molecular flexibility index (Phi) is 7.80. The van der Waals surface area contributed by atoms with E-state index in [0.29, 0.717) is 31.4 Å². The van der Waals surface area contributed by atoms with Crippen LogP contribution >= 0.6 is 0 Å². The minimum atomic E-state index is -0.957. The number of anilines is 1. The maximum Gasteiger partial charge on any atom is 0.305 e. The predicted molar refractivity (Wildman–Crippen MR) is 130 cm³/mol. The molecule has 0 saturated carbocycles. The number of carbonyl (C=O) groups is 3. The molecule has 180 valence electrons. The molecule has 8 nitrogen and oxygen atoms in total. The van der Waals surface area contributed by atoms with Crippen LogP contribution in [0, 0.1) is 0 Å². The fraction of sp³-hybridized carbons (Fsp3) is 0.423. The Bertz CT molecular complexity index is 1020. The van der Waals surface area contributed by atoms with Gasteiger partial charge < -0.3 is 25.5 Å². The molecule has 2 aliphatic heterocycles. The molecule has 3 N–H and O–H groups in total. The molecule has 34 heavy (non-hydrogen) atoms. The molecule has 2 aliphatic rings. The highest BCUT2D eigenvalue weighted by Gasteiger charge is 2.28. The van der Waals surface area contributed by atoms with Crippen molar-refractivity contribution in [3.05, 3.63) is 65.2 Å². The number of hydrogen-bond donors (Lipinski definition) is 3. The zero-order valence-electron chi connectivity index (χ0n) is 19.3. The molecule has 2 heterocycles. The van der Waals surface area contributed by atoms with Crippen LogP contribution in [0.3, 0.4) is 0 Å². The summed E-state index contributed by atoms with van der Waals surface area (Å²) >= 11 is 0. The molecule has 4 rings (SSSR count). The second kappa shape index (κ2) is 11.2. The maximum atomic E-state index is 13.2. The number of rotatable bonds is 9. The molecule has 2 aromatic rings. The van der Waals surface area contributed by atoms with Gasteiger partial charge in [-0.3, -0.25) is 14.4 Å². The number of carboxylic acid groups (broad SMARTS) is 1. The van der Waals surface area contributed by atoms with E-state index in [2.05, 4.69) is 21.6 Å². The van der Waals surface area contributed by atoms with Crippen molar-refractivity contribution in [3.8, 4) is 0 Å². The number of carbonyl (C=O) groups excluding carboxylic acids is 2. The number of aryl methyl sites for hydroxylation is 1. The molecule has 0 radical (unpaired) electrons. The number of nitrogens with zero attached hydrogens (tertiary/aromatic N) is 2. The van der Waals surface area contributed by atoms with Gasteiger partial charge >= 0.3 is 5.97 Å². The zero-order valence-corrected chi connectivity index (χ0v) is 19.3. The molecule has 2 aromatic carbocycles. The van der Waals surface area contributed by atoms with E-state index in [-0.39, 0.29) is 24.8 Å². The Hall–Kier alpha value is -3.39. The van der Waals surface area contributed by atoms with Crippen molar-refractivity contribution in [1.82, 2.24) is 15.5 Å². The monoisotopic (exact) mass is 464 g/mol. The Morgan fingerprint density at radius 3 is 2.56 bits per heavy atom. The van der Waals surface area contributed by atoms with Gasteiger partial charge in [-0.1, -0.05) is 36.4 Å². The zero-order chi connectivity index (χ0) is 23.9. The molecular weight excluding hydrogens is 432 g/mol. The van der Waals surface area contributed by atoms with E-state index >= 15 is 0 Å². The smallest absolute Gasteiger partial charge is 0.305 e. The minimum Gasteiger partial charge on any atom is -0.481 e. The number of aliphatic carboxylic acids is 1. The van der Waals surface area contributed by atoms with Gasteiger partial charge in [-0.05, 0) is 42.5 Å². The fourth-order valence-electron chi connectivity index (χ4n) is 4.65. The fourth-order valence-corrected chi connectivity index (χ4v) is 4.65. The summed E-state index contributed by atoms with van der Waals surface area (Å²) in [7, 11) is 0. The lowest BCUT2D eigenvalue weighted by molar-refractivity contribution is -0.137. The van der Waals surface area contributed by atoms with Crippen LogP contribution in [-0.4, -0.2) is 73.1 Å². The summed E-state index contributed by atoms with van der Waals surface area (Å²) in [4.78, 5) is 41.1. The number of nitrogens with one attached hydrogen (secondary N) is 2. The lowest BCUT2D eigenvalue weighted by atomic mass is 9.97. The van der Waals surface area contributed by atoms with Crippen molar-refractivity contribution in [3.63, 3.8) is 0 Å². The number of fused-ring (bicyclic) bond motifs is 1. The van der Waals surface area contributed by atoms with Crippen molar-refractivity contribution >= 4 is 23.5 Å². The molecule has 1 saturated heterocycles. The Morgan fingerprint density at radius 2 is 1.82 bits per heavy atom. The number of piperazine rings is 1. The lowest BCUT2D eigenvalue weighted by Crippen LogP contribution is -2.47. The summed E-state index contributed by atoms with van der Waals surface area (Å²) in [6, 6.07) is 15.3. The van der Waals surface area contributed by atoms with Crippen molar-refractivity contribution < 1.29 is 19.5 Å². The first kappa shape index (κ1) is 23.8. The summed E-state index contributed by atoms with van der Waals surface area (Å²) in [6.07, 6.45) is 1.74. The molecule has 0 aromatic heterocycles. The number of carboxylic acids is 1. The van der Waals surface area contributed by atoms with Gasteiger partial charge in [-0.2, -0.15) is 0 Å². The van der Waals surface area contributed by atoms with Crippen molar-refractivity contribution in [2.75, 3.05) is 44.2 Å². The third-order valence-electron chi connectivity index (χ3n) is 6.49. The summed E-state index contributed by atoms with van der Waals surface area (Å²) in [5.74, 6) is -1.43. The number of amides is 2. The van der Waals surface area contributed by atoms with Gasteiger partial charge in [0, 0.05) is 50.0 Å². The molecule has 0 spiro atoms. The van der Waals surface area contributed by atoms with E-state index in [0.717, 1.165) is 43.0 Å². The molecule has 1 atom stereocenters. The molecule has 0 bridgehead atoms. The molecular formula is C26H32N4O4. The van der Waals surface area contributed by atoms with Gasteiger partial charge in [0.15, 0.2) is 0 Å². The van der Waals surface area contributed by atoms with Gasteiger partial charge in [-0.25, -0.2) is 0 Å². The first-order valence-electron chi connectivity index (χ1n) is 11.9. The maximum absolute atomic E-state index is 13.2. The van der Waals surface area contributed by atoms with Crippen LogP contribution in [0.2, 0.25) is 0 Å². The normalized spacial score (nSPS) is 16.6. The van der Waals surface area contributed by atoms with Crippen LogP contribution in [0.25, 0.3) is 0 Å². The van der Waals surface area contributed by atoms with Gasteiger partial charge in [0.05, 0.1) is 13.0 Å². The quantitative estimate of drug-likeness (QED) is 0.522. The van der Waals surface area contributed by atoms with Crippen LogP contribution in [0.5, 0.6) is 0 Å². The third kappa shape index (κ3) is 6.14. The second-order valence-corrected chi connectivity index (χ2v) is 8.94. The molecule has 0 aliphatic carbocycles. The highest BCUT2D eigenvalue weighted by atomic mass is 16.4. The van der Waals surface area contributed by atoms with E-state index in [1.165, 1.54) is 0 Å². The van der Waals surface area contributed by atoms with Crippen LogP contribution in [0.1, 0.15) is 34.3 Å². The summed E-state index contributed by atoms with van der Waals surface area (Å²) in [5, 5.41) is 15.5. The highest BCUT2D eigenvalue weighted by molar-refractivity contribution is 5.99. The SMILES string of the molecule is O=C(O)CC(CCc1ccccc1)NC(=O)CN1CCc2ccc(N3CCNCC3)cc2C1=O.